The normalized spacial score (nSPS) is 16.1. The third-order valence-electron chi connectivity index (χ3n) is 3.89. The van der Waals surface area contributed by atoms with Gasteiger partial charge in [-0.1, -0.05) is 51.8 Å². The van der Waals surface area contributed by atoms with Gasteiger partial charge in [-0.25, -0.2) is 0 Å². The number of amides is 1. The number of anilines is 1. The molecule has 0 aliphatic heterocycles. The number of nitrogens with one attached hydrogen (secondary N) is 2. The van der Waals surface area contributed by atoms with Crippen LogP contribution in [0.15, 0.2) is 24.3 Å². The van der Waals surface area contributed by atoms with Crippen LogP contribution in [0, 0.1) is 0 Å². The predicted molar refractivity (Wildman–Crippen MR) is 84.0 cm³/mol. The molecular weight excluding hydrogens is 248 g/mol. The summed E-state index contributed by atoms with van der Waals surface area (Å²) in [5.74, 6) is 0.0978. The van der Waals surface area contributed by atoms with Crippen molar-refractivity contribution in [2.24, 2.45) is 0 Å². The van der Waals surface area contributed by atoms with E-state index < -0.39 is 0 Å². The van der Waals surface area contributed by atoms with Gasteiger partial charge in [0.25, 0.3) is 0 Å². The van der Waals surface area contributed by atoms with Crippen LogP contribution in [-0.4, -0.2) is 18.5 Å². The van der Waals surface area contributed by atoms with Crippen molar-refractivity contribution >= 4 is 11.6 Å². The molecule has 0 saturated heterocycles. The minimum absolute atomic E-state index is 0.0749. The molecule has 1 aromatic carbocycles. The topological polar surface area (TPSA) is 41.1 Å². The number of rotatable bonds is 4. The van der Waals surface area contributed by atoms with Crippen LogP contribution in [0.1, 0.15) is 52.0 Å². The van der Waals surface area contributed by atoms with E-state index >= 15 is 0 Å². The summed E-state index contributed by atoms with van der Waals surface area (Å²) in [6.45, 7) is 6.91. The highest BCUT2D eigenvalue weighted by atomic mass is 16.1. The minimum atomic E-state index is 0.0749. The van der Waals surface area contributed by atoms with Crippen LogP contribution in [-0.2, 0) is 10.2 Å². The Bertz CT molecular complexity index is 456. The SMILES string of the molecule is CC(C)(C)c1ccccc1NCC(=O)NC1CCCC1. The fourth-order valence-corrected chi connectivity index (χ4v) is 2.82. The Morgan fingerprint density at radius 3 is 2.50 bits per heavy atom. The maximum absolute atomic E-state index is 12.0. The van der Waals surface area contributed by atoms with Gasteiger partial charge in [0.05, 0.1) is 6.54 Å². The van der Waals surface area contributed by atoms with Crippen LogP contribution in [0.2, 0.25) is 0 Å². The number of carbonyl (C=O) groups excluding carboxylic acids is 1. The minimum Gasteiger partial charge on any atom is -0.376 e. The molecule has 110 valence electrons. The summed E-state index contributed by atoms with van der Waals surface area (Å²) in [5.41, 5.74) is 2.38. The number of carbonyl (C=O) groups is 1. The first-order valence-corrected chi connectivity index (χ1v) is 7.59. The van der Waals surface area contributed by atoms with Crippen LogP contribution in [0.25, 0.3) is 0 Å². The summed E-state index contributed by atoms with van der Waals surface area (Å²) < 4.78 is 0. The zero-order chi connectivity index (χ0) is 14.6. The van der Waals surface area contributed by atoms with Gasteiger partial charge in [-0.2, -0.15) is 0 Å². The van der Waals surface area contributed by atoms with Crippen LogP contribution in [0.5, 0.6) is 0 Å². The fraction of sp³-hybridized carbons (Fsp3) is 0.588. The lowest BCUT2D eigenvalue weighted by atomic mass is 9.86. The van der Waals surface area contributed by atoms with Crippen molar-refractivity contribution in [3.63, 3.8) is 0 Å². The second kappa shape index (κ2) is 6.29. The van der Waals surface area contributed by atoms with E-state index in [1.165, 1.54) is 18.4 Å². The average Bonchev–Trinajstić information content (AvgIpc) is 2.88. The maximum Gasteiger partial charge on any atom is 0.239 e. The lowest BCUT2D eigenvalue weighted by molar-refractivity contribution is -0.120. The lowest BCUT2D eigenvalue weighted by Crippen LogP contribution is -2.37. The van der Waals surface area contributed by atoms with Crippen molar-refractivity contribution in [2.45, 2.75) is 57.9 Å². The van der Waals surface area contributed by atoms with E-state index in [1.54, 1.807) is 0 Å². The first-order valence-electron chi connectivity index (χ1n) is 7.59. The largest absolute Gasteiger partial charge is 0.376 e. The van der Waals surface area contributed by atoms with Crippen molar-refractivity contribution in [1.29, 1.82) is 0 Å². The summed E-state index contributed by atoms with van der Waals surface area (Å²) >= 11 is 0. The van der Waals surface area contributed by atoms with Gasteiger partial charge in [0.1, 0.15) is 0 Å². The Morgan fingerprint density at radius 2 is 1.85 bits per heavy atom. The standard InChI is InChI=1S/C17H26N2O/c1-17(2,3)14-10-6-7-11-15(14)18-12-16(20)19-13-8-4-5-9-13/h6-7,10-11,13,18H,4-5,8-9,12H2,1-3H3,(H,19,20). The molecule has 1 aliphatic carbocycles. The van der Waals surface area contributed by atoms with E-state index in [1.807, 2.05) is 18.2 Å². The van der Waals surface area contributed by atoms with Gasteiger partial charge >= 0.3 is 0 Å². The van der Waals surface area contributed by atoms with Gasteiger partial charge in [0, 0.05) is 11.7 Å². The molecule has 0 radical (unpaired) electrons. The van der Waals surface area contributed by atoms with Crippen LogP contribution in [0.4, 0.5) is 5.69 Å². The average molecular weight is 274 g/mol. The fourth-order valence-electron chi connectivity index (χ4n) is 2.82. The Morgan fingerprint density at radius 1 is 1.20 bits per heavy atom. The number of para-hydroxylation sites is 1. The Balaban J connectivity index is 1.92. The number of hydrogen-bond acceptors (Lipinski definition) is 2. The summed E-state index contributed by atoms with van der Waals surface area (Å²) in [7, 11) is 0. The molecule has 2 N–H and O–H groups in total. The van der Waals surface area contributed by atoms with Gasteiger partial charge in [-0.3, -0.25) is 4.79 Å². The molecule has 1 fully saturated rings. The molecule has 3 heteroatoms. The highest BCUT2D eigenvalue weighted by molar-refractivity contribution is 5.81. The van der Waals surface area contributed by atoms with Crippen LogP contribution >= 0.6 is 0 Å². The van der Waals surface area contributed by atoms with Gasteiger partial charge < -0.3 is 10.6 Å². The molecule has 0 aromatic heterocycles. The smallest absolute Gasteiger partial charge is 0.239 e. The van der Waals surface area contributed by atoms with E-state index in [0.717, 1.165) is 18.5 Å². The van der Waals surface area contributed by atoms with Crippen molar-refractivity contribution in [2.75, 3.05) is 11.9 Å². The summed E-state index contributed by atoms with van der Waals surface area (Å²) in [5, 5.41) is 6.39. The Labute approximate surface area is 122 Å². The highest BCUT2D eigenvalue weighted by Crippen LogP contribution is 2.29. The quantitative estimate of drug-likeness (QED) is 0.883. The molecule has 0 bridgehead atoms. The Kier molecular flexibility index (Phi) is 4.69. The number of benzene rings is 1. The molecule has 1 aliphatic rings. The Hall–Kier alpha value is -1.51. The van der Waals surface area contributed by atoms with E-state index in [0.29, 0.717) is 12.6 Å². The molecule has 1 amide bonds. The van der Waals surface area contributed by atoms with Crippen molar-refractivity contribution < 1.29 is 4.79 Å². The summed E-state index contributed by atoms with van der Waals surface area (Å²) in [4.78, 5) is 12.0. The molecule has 3 nitrogen and oxygen atoms in total. The highest BCUT2D eigenvalue weighted by Gasteiger charge is 2.19. The van der Waals surface area contributed by atoms with Gasteiger partial charge in [-0.05, 0) is 29.9 Å². The van der Waals surface area contributed by atoms with Crippen LogP contribution < -0.4 is 10.6 Å². The van der Waals surface area contributed by atoms with E-state index in [2.05, 4.69) is 37.5 Å². The molecule has 0 spiro atoms. The molecule has 0 atom stereocenters. The van der Waals surface area contributed by atoms with Crippen LogP contribution in [0.3, 0.4) is 0 Å². The van der Waals surface area contributed by atoms with Crippen molar-refractivity contribution in [1.82, 2.24) is 5.32 Å². The van der Waals surface area contributed by atoms with E-state index in [9.17, 15) is 4.79 Å². The van der Waals surface area contributed by atoms with Crippen molar-refractivity contribution in [3.05, 3.63) is 29.8 Å². The monoisotopic (exact) mass is 274 g/mol. The summed E-state index contributed by atoms with van der Waals surface area (Å²) in [6.07, 6.45) is 4.74. The molecule has 1 aromatic rings. The molecule has 20 heavy (non-hydrogen) atoms. The third-order valence-corrected chi connectivity index (χ3v) is 3.89. The van der Waals surface area contributed by atoms with E-state index in [-0.39, 0.29) is 11.3 Å². The van der Waals surface area contributed by atoms with Gasteiger partial charge in [0.15, 0.2) is 0 Å². The van der Waals surface area contributed by atoms with Gasteiger partial charge in [0.2, 0.25) is 5.91 Å². The zero-order valence-corrected chi connectivity index (χ0v) is 12.8. The first-order chi connectivity index (χ1) is 9.47. The lowest BCUT2D eigenvalue weighted by Gasteiger charge is -2.23. The molecule has 1 saturated carbocycles. The maximum atomic E-state index is 12.0. The van der Waals surface area contributed by atoms with Gasteiger partial charge in [-0.15, -0.1) is 0 Å². The molecule has 0 heterocycles. The second-order valence-corrected chi connectivity index (χ2v) is 6.70. The molecular formula is C17H26N2O. The van der Waals surface area contributed by atoms with E-state index in [4.69, 9.17) is 0 Å². The molecule has 2 rings (SSSR count). The predicted octanol–water partition coefficient (Wildman–Crippen LogP) is 3.45. The second-order valence-electron chi connectivity index (χ2n) is 6.70. The van der Waals surface area contributed by atoms with Crippen molar-refractivity contribution in [3.8, 4) is 0 Å². The molecule has 0 unspecified atom stereocenters. The third kappa shape index (κ3) is 3.99. The number of hydrogen-bond donors (Lipinski definition) is 2. The summed E-state index contributed by atoms with van der Waals surface area (Å²) in [6, 6.07) is 8.61. The zero-order valence-electron chi connectivity index (χ0n) is 12.8. The first kappa shape index (κ1) is 14.9.